The fourth-order valence-electron chi connectivity index (χ4n) is 5.12. The maximum absolute atomic E-state index is 13.3. The van der Waals surface area contributed by atoms with Gasteiger partial charge >= 0.3 is 0 Å². The minimum Gasteiger partial charge on any atom is -0.394 e. The van der Waals surface area contributed by atoms with E-state index in [1.165, 1.54) is 16.3 Å². The Morgan fingerprint density at radius 3 is 2.31 bits per heavy atom. The molecule has 3 amide bonds. The van der Waals surface area contributed by atoms with Crippen molar-refractivity contribution in [1.29, 1.82) is 0 Å². The second-order valence-electron chi connectivity index (χ2n) is 9.90. The molecule has 182 valence electrons. The Morgan fingerprint density at radius 1 is 1.22 bits per heavy atom. The van der Waals surface area contributed by atoms with Gasteiger partial charge in [0.05, 0.1) is 37.2 Å². The maximum atomic E-state index is 13.3. The van der Waals surface area contributed by atoms with Crippen molar-refractivity contribution in [3.05, 3.63) is 0 Å². The first-order chi connectivity index (χ1) is 14.8. The summed E-state index contributed by atoms with van der Waals surface area (Å²) in [5.41, 5.74) is 0. The van der Waals surface area contributed by atoms with Gasteiger partial charge in [0.1, 0.15) is 0 Å². The summed E-state index contributed by atoms with van der Waals surface area (Å²) in [6.07, 6.45) is 0.390. The van der Waals surface area contributed by atoms with Crippen molar-refractivity contribution < 1.29 is 27.9 Å². The van der Waals surface area contributed by atoms with Gasteiger partial charge < -0.3 is 10.4 Å². The van der Waals surface area contributed by atoms with E-state index in [1.54, 1.807) is 6.92 Å². The highest BCUT2D eigenvalue weighted by Crippen LogP contribution is 2.49. The number of likely N-dealkylation sites (N-methyl/N-ethyl adjacent to an activating group) is 1. The lowest BCUT2D eigenvalue weighted by Gasteiger charge is -2.30. The molecule has 2 aliphatic heterocycles. The number of hydrogen-bond acceptors (Lipinski definition) is 6. The number of likely N-dealkylation sites (tertiary alicyclic amines) is 1. The van der Waals surface area contributed by atoms with Crippen molar-refractivity contribution >= 4 is 27.9 Å². The van der Waals surface area contributed by atoms with Crippen LogP contribution in [0, 0.1) is 29.6 Å². The molecule has 0 aromatic heterocycles. The Kier molecular flexibility index (Phi) is 7.05. The van der Waals surface area contributed by atoms with Crippen LogP contribution in [0.5, 0.6) is 0 Å². The number of aliphatic hydroxyl groups excluding tert-OH is 1. The number of amides is 3. The van der Waals surface area contributed by atoms with E-state index in [4.69, 9.17) is 0 Å². The first-order valence-corrected chi connectivity index (χ1v) is 12.7. The third-order valence-corrected chi connectivity index (χ3v) is 9.53. The molecule has 0 aromatic rings. The van der Waals surface area contributed by atoms with Crippen molar-refractivity contribution in [2.75, 3.05) is 26.7 Å². The van der Waals surface area contributed by atoms with E-state index in [-0.39, 0.29) is 48.6 Å². The Labute approximate surface area is 190 Å². The van der Waals surface area contributed by atoms with E-state index in [1.807, 2.05) is 27.7 Å². The Balaban J connectivity index is 1.72. The summed E-state index contributed by atoms with van der Waals surface area (Å²) in [4.78, 5) is 39.6. The van der Waals surface area contributed by atoms with E-state index >= 15 is 0 Å². The zero-order valence-corrected chi connectivity index (χ0v) is 20.5. The highest BCUT2D eigenvalue weighted by atomic mass is 32.2. The summed E-state index contributed by atoms with van der Waals surface area (Å²) in [6, 6.07) is -1.57. The molecule has 0 bridgehead atoms. The number of rotatable bonds is 8. The van der Waals surface area contributed by atoms with Gasteiger partial charge in [0.2, 0.25) is 17.7 Å². The van der Waals surface area contributed by atoms with Crippen LogP contribution in [-0.4, -0.2) is 89.6 Å². The van der Waals surface area contributed by atoms with Gasteiger partial charge in [-0.05, 0) is 24.2 Å². The van der Waals surface area contributed by atoms with Crippen molar-refractivity contribution in [1.82, 2.24) is 18.8 Å². The van der Waals surface area contributed by atoms with E-state index in [0.29, 0.717) is 6.42 Å². The summed E-state index contributed by atoms with van der Waals surface area (Å²) in [5, 5.41) is 12.0. The number of nitrogens with one attached hydrogen (secondary N) is 1. The fourth-order valence-corrected chi connectivity index (χ4v) is 6.72. The van der Waals surface area contributed by atoms with Crippen molar-refractivity contribution in [2.45, 2.75) is 59.2 Å². The smallest absolute Gasteiger partial charge is 0.282 e. The Bertz CT molecular complexity index is 870. The molecule has 1 unspecified atom stereocenters. The van der Waals surface area contributed by atoms with E-state index in [2.05, 4.69) is 5.32 Å². The lowest BCUT2D eigenvalue weighted by molar-refractivity contribution is -0.146. The van der Waals surface area contributed by atoms with Gasteiger partial charge in [-0.2, -0.15) is 17.0 Å². The largest absolute Gasteiger partial charge is 0.394 e. The quantitative estimate of drug-likeness (QED) is 0.465. The number of hydrogen-bond donors (Lipinski definition) is 2. The zero-order chi connectivity index (χ0) is 24.1. The van der Waals surface area contributed by atoms with Crippen LogP contribution in [0.15, 0.2) is 0 Å². The molecule has 32 heavy (non-hydrogen) atoms. The van der Waals surface area contributed by atoms with Gasteiger partial charge in [-0.1, -0.05) is 34.6 Å². The monoisotopic (exact) mass is 472 g/mol. The zero-order valence-electron chi connectivity index (χ0n) is 19.7. The topological polar surface area (TPSA) is 127 Å². The van der Waals surface area contributed by atoms with Gasteiger partial charge in [0.15, 0.2) is 0 Å². The second kappa shape index (κ2) is 9.00. The van der Waals surface area contributed by atoms with Crippen LogP contribution >= 0.6 is 0 Å². The Hall–Kier alpha value is -1.56. The first kappa shape index (κ1) is 25.1. The number of nitrogens with zero attached hydrogens (tertiary/aromatic N) is 3. The molecule has 2 heterocycles. The van der Waals surface area contributed by atoms with Crippen molar-refractivity contribution in [3.63, 3.8) is 0 Å². The van der Waals surface area contributed by atoms with Crippen LogP contribution in [0.3, 0.4) is 0 Å². The normalized spacial score (nSPS) is 33.7. The number of carbonyl (C=O) groups excluding carboxylic acids is 3. The SMILES string of the molecule is CC(C)[C@H](CO)NC(=O)CN(C)S(=O)(=O)N1CC[C@H]2[C@H]1[C@H](C)C(=O)N2C(=O)C1[C@@H](C)[C@H]1C. The van der Waals surface area contributed by atoms with E-state index < -0.39 is 46.7 Å². The summed E-state index contributed by atoms with van der Waals surface area (Å²) in [7, 11) is -2.71. The molecule has 10 nitrogen and oxygen atoms in total. The van der Waals surface area contributed by atoms with Crippen LogP contribution in [0.25, 0.3) is 0 Å². The fraction of sp³-hybridized carbons (Fsp3) is 0.857. The molecule has 3 rings (SSSR count). The standard InChI is InChI=1S/C21H36N4O6S/c1-11(2)15(10-26)22-17(27)9-23(6)32(30,31)24-8-7-16-19(24)14(5)20(28)25(16)21(29)18-12(3)13(18)4/h11-16,18-19,26H,7-10H2,1-6H3,(H,22,27)/t12-,13+,14-,15-,16-,18?,19+/m0/s1. The van der Waals surface area contributed by atoms with Crippen molar-refractivity contribution in [3.8, 4) is 0 Å². The third-order valence-electron chi connectivity index (χ3n) is 7.59. The molecule has 1 saturated carbocycles. The van der Waals surface area contributed by atoms with Gasteiger partial charge in [-0.25, -0.2) is 0 Å². The number of aliphatic hydroxyl groups is 1. The summed E-state index contributed by atoms with van der Waals surface area (Å²) in [6.45, 7) is 8.88. The highest BCUT2D eigenvalue weighted by Gasteiger charge is 2.60. The van der Waals surface area contributed by atoms with Gasteiger partial charge in [-0.15, -0.1) is 0 Å². The van der Waals surface area contributed by atoms with Crippen LogP contribution in [0.4, 0.5) is 0 Å². The van der Waals surface area contributed by atoms with Crippen molar-refractivity contribution in [2.24, 2.45) is 29.6 Å². The maximum Gasteiger partial charge on any atom is 0.282 e. The molecule has 3 fully saturated rings. The number of carbonyl (C=O) groups is 3. The summed E-state index contributed by atoms with van der Waals surface area (Å²) in [5.74, 6) is -1.38. The third kappa shape index (κ3) is 4.20. The number of fused-ring (bicyclic) bond motifs is 1. The molecule has 0 spiro atoms. The highest BCUT2D eigenvalue weighted by molar-refractivity contribution is 7.86. The molecular formula is C21H36N4O6S. The lowest BCUT2D eigenvalue weighted by Crippen LogP contribution is -2.51. The average molecular weight is 473 g/mol. The molecule has 2 saturated heterocycles. The molecule has 11 heteroatoms. The minimum absolute atomic E-state index is 0.00372. The van der Waals surface area contributed by atoms with E-state index in [9.17, 15) is 27.9 Å². The molecule has 7 atom stereocenters. The molecule has 2 N–H and O–H groups in total. The van der Waals surface area contributed by atoms with Gasteiger partial charge in [0, 0.05) is 19.5 Å². The molecule has 3 aliphatic rings. The van der Waals surface area contributed by atoms with Crippen LogP contribution < -0.4 is 5.32 Å². The van der Waals surface area contributed by atoms with Crippen LogP contribution in [0.1, 0.15) is 41.0 Å². The van der Waals surface area contributed by atoms with Gasteiger partial charge in [-0.3, -0.25) is 19.3 Å². The minimum atomic E-state index is -4.03. The molecular weight excluding hydrogens is 436 g/mol. The molecule has 0 radical (unpaired) electrons. The number of imide groups is 1. The van der Waals surface area contributed by atoms with Gasteiger partial charge in [0.25, 0.3) is 10.2 Å². The Morgan fingerprint density at radius 2 is 1.81 bits per heavy atom. The van der Waals surface area contributed by atoms with Crippen LogP contribution in [0.2, 0.25) is 0 Å². The molecule has 1 aliphatic carbocycles. The van der Waals surface area contributed by atoms with Crippen LogP contribution in [-0.2, 0) is 24.6 Å². The predicted molar refractivity (Wildman–Crippen MR) is 117 cm³/mol. The summed E-state index contributed by atoms with van der Waals surface area (Å²) >= 11 is 0. The average Bonchev–Trinajstić information content (AvgIpc) is 3.03. The first-order valence-electron chi connectivity index (χ1n) is 11.3. The predicted octanol–water partition coefficient (Wildman–Crippen LogP) is -0.354. The molecule has 0 aromatic carbocycles. The lowest BCUT2D eigenvalue weighted by atomic mass is 10.0. The van der Waals surface area contributed by atoms with E-state index in [0.717, 1.165) is 4.31 Å². The summed E-state index contributed by atoms with van der Waals surface area (Å²) < 4.78 is 28.8. The second-order valence-corrected chi connectivity index (χ2v) is 11.9.